The minimum absolute atomic E-state index is 0.0412. The summed E-state index contributed by atoms with van der Waals surface area (Å²) >= 11 is 0. The lowest BCUT2D eigenvalue weighted by Crippen LogP contribution is -2.39. The SMILES string of the molecule is CCOc1ccc(C(=O)N(C)C2CCC(c3ccccc3)CC2)cc1OC. The number of benzene rings is 2. The number of methoxy groups -OCH3 is 1. The zero-order chi connectivity index (χ0) is 19.2. The van der Waals surface area contributed by atoms with Gasteiger partial charge in [-0.2, -0.15) is 0 Å². The second kappa shape index (κ2) is 8.94. The maximum atomic E-state index is 13.0. The first-order valence-corrected chi connectivity index (χ1v) is 9.77. The molecule has 0 aliphatic heterocycles. The molecule has 27 heavy (non-hydrogen) atoms. The largest absolute Gasteiger partial charge is 0.493 e. The zero-order valence-electron chi connectivity index (χ0n) is 16.5. The highest BCUT2D eigenvalue weighted by atomic mass is 16.5. The van der Waals surface area contributed by atoms with Crippen molar-refractivity contribution in [2.45, 2.75) is 44.6 Å². The smallest absolute Gasteiger partial charge is 0.253 e. The van der Waals surface area contributed by atoms with Gasteiger partial charge in [-0.25, -0.2) is 0 Å². The Labute approximate surface area is 162 Å². The van der Waals surface area contributed by atoms with Crippen molar-refractivity contribution in [3.63, 3.8) is 0 Å². The van der Waals surface area contributed by atoms with Crippen LogP contribution in [0.3, 0.4) is 0 Å². The number of nitrogens with zero attached hydrogens (tertiary/aromatic N) is 1. The maximum Gasteiger partial charge on any atom is 0.253 e. The number of rotatable bonds is 6. The molecule has 144 valence electrons. The first kappa shape index (κ1) is 19.3. The minimum atomic E-state index is 0.0412. The molecule has 3 rings (SSSR count). The minimum Gasteiger partial charge on any atom is -0.493 e. The Morgan fingerprint density at radius 2 is 1.74 bits per heavy atom. The molecule has 1 amide bonds. The van der Waals surface area contributed by atoms with E-state index in [2.05, 4.69) is 30.3 Å². The molecule has 0 spiro atoms. The molecule has 2 aromatic carbocycles. The van der Waals surface area contributed by atoms with E-state index in [1.807, 2.05) is 31.0 Å². The van der Waals surface area contributed by atoms with E-state index in [0.29, 0.717) is 29.6 Å². The Hall–Kier alpha value is -2.49. The van der Waals surface area contributed by atoms with Gasteiger partial charge in [0, 0.05) is 18.7 Å². The molecule has 0 atom stereocenters. The molecule has 1 fully saturated rings. The van der Waals surface area contributed by atoms with Crippen molar-refractivity contribution in [1.29, 1.82) is 0 Å². The van der Waals surface area contributed by atoms with E-state index < -0.39 is 0 Å². The van der Waals surface area contributed by atoms with Gasteiger partial charge in [-0.05, 0) is 62.3 Å². The molecule has 0 aromatic heterocycles. The van der Waals surface area contributed by atoms with Gasteiger partial charge in [-0.15, -0.1) is 0 Å². The fraction of sp³-hybridized carbons (Fsp3) is 0.435. The number of amides is 1. The number of hydrogen-bond donors (Lipinski definition) is 0. The van der Waals surface area contributed by atoms with Gasteiger partial charge >= 0.3 is 0 Å². The Kier molecular flexibility index (Phi) is 6.38. The maximum absolute atomic E-state index is 13.0. The van der Waals surface area contributed by atoms with Gasteiger partial charge in [0.05, 0.1) is 13.7 Å². The summed E-state index contributed by atoms with van der Waals surface area (Å²) in [4.78, 5) is 14.9. The second-order valence-electron chi connectivity index (χ2n) is 7.13. The highest BCUT2D eigenvalue weighted by Crippen LogP contribution is 2.35. The van der Waals surface area contributed by atoms with Crippen LogP contribution in [0.15, 0.2) is 48.5 Å². The van der Waals surface area contributed by atoms with Crippen LogP contribution < -0.4 is 9.47 Å². The Bertz CT molecular complexity index is 751. The van der Waals surface area contributed by atoms with Crippen molar-refractivity contribution < 1.29 is 14.3 Å². The van der Waals surface area contributed by atoms with Crippen LogP contribution in [0.1, 0.15) is 54.4 Å². The van der Waals surface area contributed by atoms with Crippen LogP contribution in [0.2, 0.25) is 0 Å². The van der Waals surface area contributed by atoms with E-state index in [0.717, 1.165) is 25.7 Å². The molecular formula is C23H29NO3. The van der Waals surface area contributed by atoms with Crippen molar-refractivity contribution in [3.05, 3.63) is 59.7 Å². The molecular weight excluding hydrogens is 338 g/mol. The van der Waals surface area contributed by atoms with Gasteiger partial charge in [0.2, 0.25) is 0 Å². The van der Waals surface area contributed by atoms with Crippen LogP contribution in [0.4, 0.5) is 0 Å². The molecule has 0 radical (unpaired) electrons. The number of ether oxygens (including phenoxy) is 2. The molecule has 0 N–H and O–H groups in total. The third-order valence-corrected chi connectivity index (χ3v) is 5.55. The van der Waals surface area contributed by atoms with E-state index in [1.54, 1.807) is 13.2 Å². The highest BCUT2D eigenvalue weighted by Gasteiger charge is 2.28. The fourth-order valence-corrected chi connectivity index (χ4v) is 3.97. The van der Waals surface area contributed by atoms with E-state index in [4.69, 9.17) is 9.47 Å². The fourth-order valence-electron chi connectivity index (χ4n) is 3.97. The van der Waals surface area contributed by atoms with E-state index in [9.17, 15) is 4.79 Å². The summed E-state index contributed by atoms with van der Waals surface area (Å²) in [5.41, 5.74) is 2.06. The van der Waals surface area contributed by atoms with Gasteiger partial charge in [0.15, 0.2) is 11.5 Å². The number of hydrogen-bond acceptors (Lipinski definition) is 3. The van der Waals surface area contributed by atoms with Crippen molar-refractivity contribution in [1.82, 2.24) is 4.90 Å². The topological polar surface area (TPSA) is 38.8 Å². The van der Waals surface area contributed by atoms with Crippen molar-refractivity contribution in [2.24, 2.45) is 0 Å². The first-order valence-electron chi connectivity index (χ1n) is 9.77. The lowest BCUT2D eigenvalue weighted by Gasteiger charge is -2.35. The molecule has 1 saturated carbocycles. The van der Waals surface area contributed by atoms with Crippen molar-refractivity contribution >= 4 is 5.91 Å². The summed E-state index contributed by atoms with van der Waals surface area (Å²) in [6.45, 7) is 2.49. The average molecular weight is 367 g/mol. The summed E-state index contributed by atoms with van der Waals surface area (Å²) in [7, 11) is 3.51. The molecule has 4 heteroatoms. The van der Waals surface area contributed by atoms with Crippen molar-refractivity contribution in [3.8, 4) is 11.5 Å². The second-order valence-corrected chi connectivity index (χ2v) is 7.13. The lowest BCUT2D eigenvalue weighted by atomic mass is 9.81. The molecule has 0 saturated heterocycles. The normalized spacial score (nSPS) is 19.4. The van der Waals surface area contributed by atoms with Gasteiger partial charge in [-0.1, -0.05) is 30.3 Å². The quantitative estimate of drug-likeness (QED) is 0.729. The molecule has 1 aliphatic carbocycles. The third-order valence-electron chi connectivity index (χ3n) is 5.55. The Morgan fingerprint density at radius 1 is 1.04 bits per heavy atom. The highest BCUT2D eigenvalue weighted by molar-refractivity contribution is 5.95. The number of carbonyl (C=O) groups excluding carboxylic acids is 1. The van der Waals surface area contributed by atoms with Gasteiger partial charge in [0.25, 0.3) is 5.91 Å². The van der Waals surface area contributed by atoms with Crippen LogP contribution >= 0.6 is 0 Å². The molecule has 0 heterocycles. The first-order chi connectivity index (χ1) is 13.1. The lowest BCUT2D eigenvalue weighted by molar-refractivity contribution is 0.0689. The van der Waals surface area contributed by atoms with Crippen LogP contribution in [-0.4, -0.2) is 37.6 Å². The van der Waals surface area contributed by atoms with Gasteiger partial charge in [0.1, 0.15) is 0 Å². The summed E-state index contributed by atoms with van der Waals surface area (Å²) in [6.07, 6.45) is 4.32. The average Bonchev–Trinajstić information content (AvgIpc) is 2.74. The molecule has 4 nitrogen and oxygen atoms in total. The van der Waals surface area contributed by atoms with Gasteiger partial charge < -0.3 is 14.4 Å². The predicted molar refractivity (Wildman–Crippen MR) is 108 cm³/mol. The third kappa shape index (κ3) is 4.44. The molecule has 0 unspecified atom stereocenters. The van der Waals surface area contributed by atoms with E-state index in [-0.39, 0.29) is 11.9 Å². The molecule has 2 aromatic rings. The standard InChI is InChI=1S/C23H29NO3/c1-4-27-21-15-12-19(16-22(21)26-3)23(25)24(2)20-13-10-18(11-14-20)17-8-6-5-7-9-17/h5-9,12,15-16,18,20H,4,10-11,13-14H2,1-3H3. The van der Waals surface area contributed by atoms with Crippen LogP contribution in [0.25, 0.3) is 0 Å². The van der Waals surface area contributed by atoms with Crippen molar-refractivity contribution in [2.75, 3.05) is 20.8 Å². The van der Waals surface area contributed by atoms with Crippen LogP contribution in [-0.2, 0) is 0 Å². The summed E-state index contributed by atoms with van der Waals surface area (Å²) in [5, 5.41) is 0. The van der Waals surface area contributed by atoms with Crippen LogP contribution in [0, 0.1) is 0 Å². The van der Waals surface area contributed by atoms with Gasteiger partial charge in [-0.3, -0.25) is 4.79 Å². The summed E-state index contributed by atoms with van der Waals surface area (Å²) in [6, 6.07) is 16.4. The number of carbonyl (C=O) groups is 1. The monoisotopic (exact) mass is 367 g/mol. The summed E-state index contributed by atoms with van der Waals surface area (Å²) in [5.74, 6) is 1.92. The van der Waals surface area contributed by atoms with Crippen LogP contribution in [0.5, 0.6) is 11.5 Å². The molecule has 0 bridgehead atoms. The Balaban J connectivity index is 1.64. The summed E-state index contributed by atoms with van der Waals surface area (Å²) < 4.78 is 10.9. The zero-order valence-corrected chi connectivity index (χ0v) is 16.5. The van der Waals surface area contributed by atoms with E-state index in [1.165, 1.54) is 5.56 Å². The molecule has 1 aliphatic rings. The van der Waals surface area contributed by atoms with E-state index >= 15 is 0 Å². The predicted octanol–water partition coefficient (Wildman–Crippen LogP) is 4.89. The Morgan fingerprint density at radius 3 is 2.37 bits per heavy atom.